The fraction of sp³-hybridized carbons (Fsp3) is 0.952. The first-order valence-electron chi connectivity index (χ1n) is 10.2. The van der Waals surface area contributed by atoms with E-state index in [9.17, 15) is 0 Å². The van der Waals surface area contributed by atoms with Gasteiger partial charge >= 0.3 is 0 Å². The molecule has 146 valence electrons. The minimum Gasteiger partial charge on any atom is -0.481 e. The Hall–Kier alpha value is -0.570. The molecule has 0 heterocycles. The molecule has 3 nitrogen and oxygen atoms in total. The molecule has 0 spiro atoms. The molecule has 0 aromatic carbocycles. The van der Waals surface area contributed by atoms with E-state index in [0.29, 0.717) is 5.92 Å². The first-order chi connectivity index (χ1) is 11.2. The molecule has 0 fully saturated rings. The van der Waals surface area contributed by atoms with Gasteiger partial charge in [0.2, 0.25) is 0 Å². The second kappa shape index (κ2) is 17.3. The minimum absolute atomic E-state index is 0.00221. The second-order valence-corrected chi connectivity index (χ2v) is 7.92. The lowest BCUT2D eigenvalue weighted by Gasteiger charge is -2.27. The van der Waals surface area contributed by atoms with Crippen LogP contribution in [0.4, 0.5) is 0 Å². The molecule has 1 atom stereocenters. The molecule has 0 radical (unpaired) electrons. The van der Waals surface area contributed by atoms with Crippen molar-refractivity contribution < 1.29 is 9.90 Å². The SMILES string of the molecule is CC(=O)O.CCCCCCCCCCCCCCC(C)C(C)(C)N. The summed E-state index contributed by atoms with van der Waals surface area (Å²) in [6.07, 6.45) is 18.4. The largest absolute Gasteiger partial charge is 0.481 e. The molecule has 0 aromatic rings. The predicted octanol–water partition coefficient (Wildman–Crippen LogP) is 6.54. The van der Waals surface area contributed by atoms with Gasteiger partial charge in [-0.25, -0.2) is 0 Å². The van der Waals surface area contributed by atoms with Crippen LogP contribution in [0.1, 0.15) is 118 Å². The number of hydrogen-bond acceptors (Lipinski definition) is 2. The Bertz CT molecular complexity index is 268. The van der Waals surface area contributed by atoms with Crippen LogP contribution < -0.4 is 5.73 Å². The fourth-order valence-corrected chi connectivity index (χ4v) is 2.66. The Morgan fingerprint density at radius 1 is 0.875 bits per heavy atom. The Morgan fingerprint density at radius 2 is 1.17 bits per heavy atom. The zero-order chi connectivity index (χ0) is 18.8. The molecular formula is C21H45NO2. The molecule has 0 amide bonds. The average molecular weight is 344 g/mol. The quantitative estimate of drug-likeness (QED) is 0.352. The molecular weight excluding hydrogens is 298 g/mol. The lowest BCUT2D eigenvalue weighted by atomic mass is 9.86. The highest BCUT2D eigenvalue weighted by atomic mass is 16.4. The third kappa shape index (κ3) is 23.7. The molecule has 3 heteroatoms. The van der Waals surface area contributed by atoms with E-state index < -0.39 is 5.97 Å². The molecule has 0 rings (SSSR count). The summed E-state index contributed by atoms with van der Waals surface area (Å²) in [5.41, 5.74) is 6.12. The van der Waals surface area contributed by atoms with E-state index in [1.807, 2.05) is 0 Å². The number of carboxylic acids is 1. The summed E-state index contributed by atoms with van der Waals surface area (Å²) in [5, 5.41) is 7.42. The lowest BCUT2D eigenvalue weighted by Crippen LogP contribution is -2.39. The Labute approximate surface area is 151 Å². The first-order valence-corrected chi connectivity index (χ1v) is 10.2. The van der Waals surface area contributed by atoms with Crippen molar-refractivity contribution in [3.63, 3.8) is 0 Å². The van der Waals surface area contributed by atoms with Crippen molar-refractivity contribution in [1.29, 1.82) is 0 Å². The third-order valence-corrected chi connectivity index (χ3v) is 4.76. The Kier molecular flexibility index (Phi) is 18.5. The number of nitrogens with two attached hydrogens (primary N) is 1. The highest BCUT2D eigenvalue weighted by molar-refractivity contribution is 5.62. The monoisotopic (exact) mass is 343 g/mol. The fourth-order valence-electron chi connectivity index (χ4n) is 2.66. The molecule has 0 aliphatic rings. The van der Waals surface area contributed by atoms with Gasteiger partial charge in [0, 0.05) is 12.5 Å². The van der Waals surface area contributed by atoms with E-state index in [2.05, 4.69) is 27.7 Å². The van der Waals surface area contributed by atoms with Gasteiger partial charge in [-0.2, -0.15) is 0 Å². The molecule has 0 aromatic heterocycles. The van der Waals surface area contributed by atoms with Crippen molar-refractivity contribution in [3.8, 4) is 0 Å². The van der Waals surface area contributed by atoms with Gasteiger partial charge in [0.1, 0.15) is 0 Å². The van der Waals surface area contributed by atoms with Crippen LogP contribution in [0.25, 0.3) is 0 Å². The van der Waals surface area contributed by atoms with Crippen molar-refractivity contribution >= 4 is 5.97 Å². The summed E-state index contributed by atoms with van der Waals surface area (Å²) >= 11 is 0. The second-order valence-electron chi connectivity index (χ2n) is 7.92. The maximum Gasteiger partial charge on any atom is 0.300 e. The van der Waals surface area contributed by atoms with Gasteiger partial charge in [0.25, 0.3) is 5.97 Å². The van der Waals surface area contributed by atoms with Crippen molar-refractivity contribution in [2.45, 2.75) is 124 Å². The van der Waals surface area contributed by atoms with Gasteiger partial charge < -0.3 is 10.8 Å². The average Bonchev–Trinajstić information content (AvgIpc) is 2.46. The summed E-state index contributed by atoms with van der Waals surface area (Å²) in [5.74, 6) is -0.189. The molecule has 24 heavy (non-hydrogen) atoms. The van der Waals surface area contributed by atoms with Gasteiger partial charge in [-0.3, -0.25) is 4.79 Å². The summed E-state index contributed by atoms with van der Waals surface area (Å²) in [4.78, 5) is 9.00. The number of carbonyl (C=O) groups is 1. The number of rotatable bonds is 14. The molecule has 0 saturated carbocycles. The smallest absolute Gasteiger partial charge is 0.300 e. The maximum absolute atomic E-state index is 9.00. The van der Waals surface area contributed by atoms with Crippen molar-refractivity contribution in [2.75, 3.05) is 0 Å². The number of carboxylic acid groups (broad SMARTS) is 1. The van der Waals surface area contributed by atoms with Gasteiger partial charge in [-0.05, 0) is 26.2 Å². The molecule has 0 saturated heterocycles. The van der Waals surface area contributed by atoms with Gasteiger partial charge in [-0.1, -0.05) is 90.9 Å². The summed E-state index contributed by atoms with van der Waals surface area (Å²) < 4.78 is 0. The molecule has 3 N–H and O–H groups in total. The molecule has 0 bridgehead atoms. The van der Waals surface area contributed by atoms with Crippen LogP contribution in [-0.4, -0.2) is 16.6 Å². The highest BCUT2D eigenvalue weighted by Crippen LogP contribution is 2.20. The predicted molar refractivity (Wildman–Crippen MR) is 106 cm³/mol. The van der Waals surface area contributed by atoms with E-state index >= 15 is 0 Å². The number of aliphatic carboxylic acids is 1. The number of hydrogen-bond donors (Lipinski definition) is 2. The zero-order valence-corrected chi connectivity index (χ0v) is 17.2. The normalized spacial score (nSPS) is 12.4. The van der Waals surface area contributed by atoms with Crippen LogP contribution >= 0.6 is 0 Å². The van der Waals surface area contributed by atoms with Gasteiger partial charge in [0.05, 0.1) is 0 Å². The molecule has 0 aliphatic carbocycles. The van der Waals surface area contributed by atoms with Crippen LogP contribution in [-0.2, 0) is 4.79 Å². The lowest BCUT2D eigenvalue weighted by molar-refractivity contribution is -0.134. The van der Waals surface area contributed by atoms with Gasteiger partial charge in [-0.15, -0.1) is 0 Å². The molecule has 0 aliphatic heterocycles. The van der Waals surface area contributed by atoms with E-state index in [1.165, 1.54) is 83.5 Å². The number of unbranched alkanes of at least 4 members (excludes halogenated alkanes) is 11. The third-order valence-electron chi connectivity index (χ3n) is 4.76. The van der Waals surface area contributed by atoms with E-state index in [4.69, 9.17) is 15.6 Å². The van der Waals surface area contributed by atoms with Crippen molar-refractivity contribution in [3.05, 3.63) is 0 Å². The van der Waals surface area contributed by atoms with Crippen LogP contribution in [0.15, 0.2) is 0 Å². The van der Waals surface area contributed by atoms with E-state index in [1.54, 1.807) is 0 Å². The van der Waals surface area contributed by atoms with Crippen LogP contribution in [0.2, 0.25) is 0 Å². The van der Waals surface area contributed by atoms with Crippen LogP contribution in [0.3, 0.4) is 0 Å². The topological polar surface area (TPSA) is 63.3 Å². The van der Waals surface area contributed by atoms with Crippen LogP contribution in [0.5, 0.6) is 0 Å². The Balaban J connectivity index is 0. The summed E-state index contributed by atoms with van der Waals surface area (Å²) in [6.45, 7) is 9.96. The van der Waals surface area contributed by atoms with E-state index in [0.717, 1.165) is 6.92 Å². The van der Waals surface area contributed by atoms with E-state index in [-0.39, 0.29) is 5.54 Å². The maximum atomic E-state index is 9.00. The zero-order valence-electron chi connectivity index (χ0n) is 17.2. The minimum atomic E-state index is -0.833. The van der Waals surface area contributed by atoms with Crippen LogP contribution in [0, 0.1) is 5.92 Å². The van der Waals surface area contributed by atoms with Gasteiger partial charge in [0.15, 0.2) is 0 Å². The standard InChI is InChI=1S/C19H41N.C2H4O2/c1-5-6-7-8-9-10-11-12-13-14-15-16-17-18(2)19(3,4)20;1-2(3)4/h18H,5-17,20H2,1-4H3;1H3,(H,3,4). The Morgan fingerprint density at radius 3 is 1.46 bits per heavy atom. The summed E-state index contributed by atoms with van der Waals surface area (Å²) in [6, 6.07) is 0. The first kappa shape index (κ1) is 25.7. The van der Waals surface area contributed by atoms with Crippen molar-refractivity contribution in [1.82, 2.24) is 0 Å². The van der Waals surface area contributed by atoms with Crippen molar-refractivity contribution in [2.24, 2.45) is 11.7 Å². The molecule has 1 unspecified atom stereocenters. The summed E-state index contributed by atoms with van der Waals surface area (Å²) in [7, 11) is 0. The highest BCUT2D eigenvalue weighted by Gasteiger charge is 2.19.